The molecule has 7 rings (SSSR count). The Labute approximate surface area is 297 Å². The van der Waals surface area contributed by atoms with Gasteiger partial charge in [0, 0.05) is 28.9 Å². The highest BCUT2D eigenvalue weighted by Crippen LogP contribution is 2.43. The van der Waals surface area contributed by atoms with Crippen LogP contribution in [0.25, 0.3) is 22.4 Å². The molecular weight excluding hydrogens is 607 g/mol. The van der Waals surface area contributed by atoms with Gasteiger partial charge in [-0.15, -0.1) is 0 Å². The Balaban J connectivity index is 1.42. The van der Waals surface area contributed by atoms with Crippen molar-refractivity contribution < 1.29 is 0 Å². The first-order valence-electron chi connectivity index (χ1n) is 17.4. The third-order valence-corrected chi connectivity index (χ3v) is 9.68. The Bertz CT molecular complexity index is 2170. The molecule has 3 nitrogen and oxygen atoms in total. The maximum absolute atomic E-state index is 5.16. The van der Waals surface area contributed by atoms with E-state index >= 15 is 0 Å². The van der Waals surface area contributed by atoms with Crippen molar-refractivity contribution in [3.05, 3.63) is 196 Å². The Morgan fingerprint density at radius 3 is 1.56 bits per heavy atom. The largest absolute Gasteiger partial charge is 0.279 e. The van der Waals surface area contributed by atoms with E-state index in [2.05, 4.69) is 162 Å². The molecule has 0 fully saturated rings. The minimum absolute atomic E-state index is 0.0907. The van der Waals surface area contributed by atoms with E-state index in [4.69, 9.17) is 9.97 Å². The Morgan fingerprint density at radius 2 is 1.00 bits per heavy atom. The lowest BCUT2D eigenvalue weighted by Gasteiger charge is -2.29. The second-order valence-corrected chi connectivity index (χ2v) is 13.5. The van der Waals surface area contributed by atoms with E-state index < -0.39 is 0 Å². The summed E-state index contributed by atoms with van der Waals surface area (Å²) in [5.41, 5.74) is 18.1. The number of anilines is 3. The summed E-state index contributed by atoms with van der Waals surface area (Å²) < 4.78 is 0. The molecule has 1 aromatic heterocycles. The van der Waals surface area contributed by atoms with Crippen LogP contribution < -0.4 is 4.90 Å². The van der Waals surface area contributed by atoms with Gasteiger partial charge in [-0.1, -0.05) is 126 Å². The number of rotatable bonds is 8. The predicted molar refractivity (Wildman–Crippen MR) is 210 cm³/mol. The summed E-state index contributed by atoms with van der Waals surface area (Å²) >= 11 is 0. The number of aryl methyl sites for hydroxylation is 6. The van der Waals surface area contributed by atoms with Crippen LogP contribution in [-0.2, 0) is 0 Å². The molecule has 0 aliphatic rings. The van der Waals surface area contributed by atoms with Crippen molar-refractivity contribution in [1.82, 2.24) is 9.97 Å². The van der Waals surface area contributed by atoms with E-state index in [1.165, 1.54) is 50.1 Å². The number of hydrogen-bond acceptors (Lipinski definition) is 3. The van der Waals surface area contributed by atoms with Gasteiger partial charge in [-0.25, -0.2) is 9.97 Å². The minimum Gasteiger partial charge on any atom is -0.279 e. The number of nitrogens with zero attached hydrogens (tertiary/aromatic N) is 3. The molecule has 0 unspecified atom stereocenters. The quantitative estimate of drug-likeness (QED) is 0.153. The molecule has 0 radical (unpaired) electrons. The highest BCUT2D eigenvalue weighted by Gasteiger charge is 2.26. The average Bonchev–Trinajstić information content (AvgIpc) is 3.12. The summed E-state index contributed by atoms with van der Waals surface area (Å²) in [5.74, 6) is 0.711. The van der Waals surface area contributed by atoms with E-state index in [0.29, 0.717) is 5.95 Å². The van der Waals surface area contributed by atoms with Crippen LogP contribution in [-0.4, -0.2) is 9.97 Å². The fraction of sp³-hybridized carbons (Fsp3) is 0.149. The number of aromatic nitrogens is 2. The second kappa shape index (κ2) is 14.0. The molecule has 0 spiro atoms. The molecular formula is C47H43N3. The summed E-state index contributed by atoms with van der Waals surface area (Å²) in [6.07, 6.45) is 1.86. The van der Waals surface area contributed by atoms with E-state index in [0.717, 1.165) is 33.8 Å². The lowest BCUT2D eigenvalue weighted by Crippen LogP contribution is -2.15. The third kappa shape index (κ3) is 6.47. The molecule has 7 aromatic rings. The topological polar surface area (TPSA) is 29.0 Å². The average molecular weight is 650 g/mol. The zero-order valence-corrected chi connectivity index (χ0v) is 29.8. The van der Waals surface area contributed by atoms with E-state index in [9.17, 15) is 0 Å². The van der Waals surface area contributed by atoms with Crippen molar-refractivity contribution in [2.24, 2.45) is 0 Å². The first-order valence-corrected chi connectivity index (χ1v) is 17.4. The van der Waals surface area contributed by atoms with Gasteiger partial charge in [-0.05, 0) is 110 Å². The highest BCUT2D eigenvalue weighted by atomic mass is 15.3. The zero-order valence-electron chi connectivity index (χ0n) is 29.8. The SMILES string of the molecule is Cc1cc(C)c(C(c2ccc(N(c3nccc(-c4ccccc4)n3)c3ccccc3-c3ccccc3)cc2)c2c(C)cc(C)cc2C)c(C)c1. The Morgan fingerprint density at radius 1 is 0.500 bits per heavy atom. The van der Waals surface area contributed by atoms with Crippen molar-refractivity contribution >= 4 is 17.3 Å². The van der Waals surface area contributed by atoms with Crippen LogP contribution in [0.2, 0.25) is 0 Å². The van der Waals surface area contributed by atoms with Gasteiger partial charge in [-0.3, -0.25) is 4.90 Å². The van der Waals surface area contributed by atoms with Crippen LogP contribution in [0, 0.1) is 41.5 Å². The fourth-order valence-electron chi connectivity index (χ4n) is 7.71. The number of benzene rings is 6. The van der Waals surface area contributed by atoms with Crippen LogP contribution in [0.3, 0.4) is 0 Å². The van der Waals surface area contributed by atoms with Crippen molar-refractivity contribution in [2.45, 2.75) is 47.5 Å². The van der Waals surface area contributed by atoms with Gasteiger partial charge in [0.1, 0.15) is 0 Å². The molecule has 246 valence electrons. The maximum atomic E-state index is 5.16. The van der Waals surface area contributed by atoms with Gasteiger partial charge in [-0.2, -0.15) is 0 Å². The molecule has 0 saturated carbocycles. The van der Waals surface area contributed by atoms with E-state index in [1.54, 1.807) is 0 Å². The lowest BCUT2D eigenvalue weighted by atomic mass is 9.77. The van der Waals surface area contributed by atoms with Gasteiger partial charge in [0.25, 0.3) is 0 Å². The van der Waals surface area contributed by atoms with Crippen LogP contribution >= 0.6 is 0 Å². The van der Waals surface area contributed by atoms with Crippen LogP contribution in [0.15, 0.2) is 146 Å². The molecule has 0 atom stereocenters. The molecule has 0 N–H and O–H groups in total. The Hall–Kier alpha value is -5.80. The molecule has 0 aliphatic carbocycles. The molecule has 50 heavy (non-hydrogen) atoms. The van der Waals surface area contributed by atoms with Crippen molar-refractivity contribution in [2.75, 3.05) is 4.90 Å². The van der Waals surface area contributed by atoms with Crippen LogP contribution in [0.1, 0.15) is 56.0 Å². The summed E-state index contributed by atoms with van der Waals surface area (Å²) in [6, 6.07) is 49.7. The van der Waals surface area contributed by atoms with E-state index in [-0.39, 0.29) is 5.92 Å². The van der Waals surface area contributed by atoms with Crippen molar-refractivity contribution in [3.63, 3.8) is 0 Å². The second-order valence-electron chi connectivity index (χ2n) is 13.5. The van der Waals surface area contributed by atoms with E-state index in [1.807, 2.05) is 30.5 Å². The monoisotopic (exact) mass is 649 g/mol. The summed E-state index contributed by atoms with van der Waals surface area (Å²) in [6.45, 7) is 13.4. The smallest absolute Gasteiger partial charge is 0.235 e. The van der Waals surface area contributed by atoms with Crippen molar-refractivity contribution in [3.8, 4) is 22.4 Å². The van der Waals surface area contributed by atoms with Crippen LogP contribution in [0.4, 0.5) is 17.3 Å². The third-order valence-electron chi connectivity index (χ3n) is 9.68. The highest BCUT2D eigenvalue weighted by molar-refractivity contribution is 5.86. The van der Waals surface area contributed by atoms with Gasteiger partial charge < -0.3 is 0 Å². The first-order chi connectivity index (χ1) is 24.3. The Kier molecular flexibility index (Phi) is 9.15. The summed E-state index contributed by atoms with van der Waals surface area (Å²) in [7, 11) is 0. The molecule has 0 aliphatic heterocycles. The molecule has 0 bridgehead atoms. The van der Waals surface area contributed by atoms with Crippen molar-refractivity contribution in [1.29, 1.82) is 0 Å². The standard InChI is InChI=1S/C47H43N3/c1-31-27-33(3)44(34(4)28-31)46(45-35(5)29-32(2)30-36(45)6)39-21-23-40(24-22-39)50(43-20-14-13-19-41(43)37-15-9-7-10-16-37)47-48-26-25-42(49-47)38-17-11-8-12-18-38/h7-30,46H,1-6H3. The molecule has 1 heterocycles. The molecule has 0 saturated heterocycles. The first kappa shape index (κ1) is 32.7. The normalized spacial score (nSPS) is 11.2. The van der Waals surface area contributed by atoms with Gasteiger partial charge in [0.05, 0.1) is 11.4 Å². The zero-order chi connectivity index (χ0) is 34.8. The van der Waals surface area contributed by atoms with Gasteiger partial charge in [0.15, 0.2) is 0 Å². The van der Waals surface area contributed by atoms with Crippen LogP contribution in [0.5, 0.6) is 0 Å². The lowest BCUT2D eigenvalue weighted by molar-refractivity contribution is 0.919. The molecule has 3 heteroatoms. The molecule has 0 amide bonds. The number of para-hydroxylation sites is 1. The molecule has 6 aromatic carbocycles. The van der Waals surface area contributed by atoms with Gasteiger partial charge in [0.2, 0.25) is 5.95 Å². The van der Waals surface area contributed by atoms with Gasteiger partial charge >= 0.3 is 0 Å². The summed E-state index contributed by atoms with van der Waals surface area (Å²) in [4.78, 5) is 12.2. The predicted octanol–water partition coefficient (Wildman–Crippen LogP) is 12.3. The fourth-order valence-corrected chi connectivity index (χ4v) is 7.71. The maximum Gasteiger partial charge on any atom is 0.235 e. The number of hydrogen-bond donors (Lipinski definition) is 0. The summed E-state index contributed by atoms with van der Waals surface area (Å²) in [5, 5.41) is 0. The minimum atomic E-state index is 0.0907.